The lowest BCUT2D eigenvalue weighted by molar-refractivity contribution is -0.119. The number of Topliss-reactive ketones (excluding diaryl/α,β-unsaturated/α-hetero) is 1. The molecule has 0 fully saturated rings. The molecule has 0 rings (SSSR count). The summed E-state index contributed by atoms with van der Waals surface area (Å²) in [5, 5.41) is 10.4. The lowest BCUT2D eigenvalue weighted by Crippen LogP contribution is -2.22. The Labute approximate surface area is 77.6 Å². The van der Waals surface area contributed by atoms with Crippen molar-refractivity contribution in [2.75, 3.05) is 6.54 Å². The minimum atomic E-state index is -1.04. The number of ketones is 1. The zero-order chi connectivity index (χ0) is 10.1. The highest BCUT2D eigenvalue weighted by Gasteiger charge is 2.00. The molecule has 0 unspecified atom stereocenters. The summed E-state index contributed by atoms with van der Waals surface area (Å²) in [5.74, 6) is 0.159. The van der Waals surface area contributed by atoms with Crippen LogP contribution in [0.5, 0.6) is 0 Å². The van der Waals surface area contributed by atoms with Gasteiger partial charge in [0.05, 0.1) is 0 Å². The van der Waals surface area contributed by atoms with Crippen LogP contribution in [-0.4, -0.2) is 23.5 Å². The smallest absolute Gasteiger partial charge is 0.404 e. The fraction of sp³-hybridized carbons (Fsp3) is 0.556. The van der Waals surface area contributed by atoms with Gasteiger partial charge in [-0.15, -0.1) is 6.58 Å². The van der Waals surface area contributed by atoms with Crippen molar-refractivity contribution in [3.8, 4) is 0 Å². The number of nitrogens with one attached hydrogen (secondary N) is 1. The van der Waals surface area contributed by atoms with Gasteiger partial charge in [-0.25, -0.2) is 4.79 Å². The SMILES string of the molecule is C=CCCC(=O)CCCNC(=O)O. The van der Waals surface area contributed by atoms with E-state index in [1.807, 2.05) is 0 Å². The van der Waals surface area contributed by atoms with Crippen LogP contribution in [0.25, 0.3) is 0 Å². The van der Waals surface area contributed by atoms with Crippen LogP contribution in [0.3, 0.4) is 0 Å². The van der Waals surface area contributed by atoms with Gasteiger partial charge < -0.3 is 10.4 Å². The summed E-state index contributed by atoms with van der Waals surface area (Å²) in [6.45, 7) is 3.85. The Kier molecular flexibility index (Phi) is 6.59. The first-order valence-electron chi connectivity index (χ1n) is 4.26. The van der Waals surface area contributed by atoms with Crippen molar-refractivity contribution in [3.05, 3.63) is 12.7 Å². The van der Waals surface area contributed by atoms with E-state index in [4.69, 9.17) is 5.11 Å². The first kappa shape index (κ1) is 11.7. The largest absolute Gasteiger partial charge is 0.465 e. The quantitative estimate of drug-likeness (QED) is 0.467. The second-order valence-electron chi connectivity index (χ2n) is 2.70. The normalized spacial score (nSPS) is 9.23. The average molecular weight is 185 g/mol. The van der Waals surface area contributed by atoms with Gasteiger partial charge in [-0.2, -0.15) is 0 Å². The lowest BCUT2D eigenvalue weighted by Gasteiger charge is -1.99. The molecule has 0 atom stereocenters. The summed E-state index contributed by atoms with van der Waals surface area (Å²) in [6, 6.07) is 0. The first-order valence-corrected chi connectivity index (χ1v) is 4.26. The molecule has 0 aliphatic carbocycles. The van der Waals surface area contributed by atoms with E-state index in [0.717, 1.165) is 0 Å². The summed E-state index contributed by atoms with van der Waals surface area (Å²) < 4.78 is 0. The summed E-state index contributed by atoms with van der Waals surface area (Å²) in [4.78, 5) is 21.0. The second kappa shape index (κ2) is 7.34. The molecule has 0 aromatic rings. The van der Waals surface area contributed by atoms with Crippen molar-refractivity contribution in [2.24, 2.45) is 0 Å². The Morgan fingerprint density at radius 1 is 1.38 bits per heavy atom. The number of amides is 1. The number of carbonyl (C=O) groups excluding carboxylic acids is 1. The molecule has 2 N–H and O–H groups in total. The van der Waals surface area contributed by atoms with E-state index < -0.39 is 6.09 Å². The molecule has 0 spiro atoms. The molecule has 1 amide bonds. The molecule has 13 heavy (non-hydrogen) atoms. The zero-order valence-corrected chi connectivity index (χ0v) is 7.58. The maximum absolute atomic E-state index is 11.0. The average Bonchev–Trinajstić information content (AvgIpc) is 2.08. The van der Waals surface area contributed by atoms with E-state index in [-0.39, 0.29) is 5.78 Å². The molecule has 74 valence electrons. The Morgan fingerprint density at radius 3 is 2.62 bits per heavy atom. The first-order chi connectivity index (χ1) is 6.16. The standard InChI is InChI=1S/C9H15NO3/c1-2-3-5-8(11)6-4-7-10-9(12)13/h2,10H,1,3-7H2,(H,12,13). The van der Waals surface area contributed by atoms with Crippen LogP contribution >= 0.6 is 0 Å². The highest BCUT2D eigenvalue weighted by molar-refractivity contribution is 5.78. The topological polar surface area (TPSA) is 66.4 Å². The number of carboxylic acid groups (broad SMARTS) is 1. The zero-order valence-electron chi connectivity index (χ0n) is 7.58. The van der Waals surface area contributed by atoms with Crippen molar-refractivity contribution in [2.45, 2.75) is 25.7 Å². The summed E-state index contributed by atoms with van der Waals surface area (Å²) in [6.07, 6.45) is 2.88. The minimum absolute atomic E-state index is 0.159. The molecular formula is C9H15NO3. The van der Waals surface area contributed by atoms with Gasteiger partial charge in [-0.3, -0.25) is 4.79 Å². The molecule has 4 heteroatoms. The molecular weight excluding hydrogens is 170 g/mol. The molecule has 0 radical (unpaired) electrons. The van der Waals surface area contributed by atoms with Crippen molar-refractivity contribution in [1.29, 1.82) is 0 Å². The Morgan fingerprint density at radius 2 is 2.08 bits per heavy atom. The van der Waals surface area contributed by atoms with Gasteiger partial charge in [0.2, 0.25) is 0 Å². The minimum Gasteiger partial charge on any atom is -0.465 e. The Bertz CT molecular complexity index is 189. The van der Waals surface area contributed by atoms with Crippen LogP contribution in [0.1, 0.15) is 25.7 Å². The van der Waals surface area contributed by atoms with Gasteiger partial charge >= 0.3 is 6.09 Å². The maximum Gasteiger partial charge on any atom is 0.404 e. The van der Waals surface area contributed by atoms with E-state index in [9.17, 15) is 9.59 Å². The molecule has 4 nitrogen and oxygen atoms in total. The maximum atomic E-state index is 11.0. The second-order valence-corrected chi connectivity index (χ2v) is 2.70. The highest BCUT2D eigenvalue weighted by Crippen LogP contribution is 1.98. The predicted octanol–water partition coefficient (Wildman–Crippen LogP) is 1.57. The summed E-state index contributed by atoms with van der Waals surface area (Å²) >= 11 is 0. The fourth-order valence-corrected chi connectivity index (χ4v) is 0.869. The lowest BCUT2D eigenvalue weighted by atomic mass is 10.1. The number of allylic oxidation sites excluding steroid dienone is 1. The van der Waals surface area contributed by atoms with Crippen LogP contribution in [0, 0.1) is 0 Å². The van der Waals surface area contributed by atoms with Gasteiger partial charge in [0.25, 0.3) is 0 Å². The van der Waals surface area contributed by atoms with Crippen LogP contribution < -0.4 is 5.32 Å². The van der Waals surface area contributed by atoms with Crippen LogP contribution in [0.15, 0.2) is 12.7 Å². The monoisotopic (exact) mass is 185 g/mol. The van der Waals surface area contributed by atoms with Crippen molar-refractivity contribution in [3.63, 3.8) is 0 Å². The summed E-state index contributed by atoms with van der Waals surface area (Å²) in [5.41, 5.74) is 0. The third-order valence-corrected chi connectivity index (χ3v) is 1.54. The van der Waals surface area contributed by atoms with Crippen molar-refractivity contribution < 1.29 is 14.7 Å². The van der Waals surface area contributed by atoms with Crippen LogP contribution in [0.4, 0.5) is 4.79 Å². The van der Waals surface area contributed by atoms with E-state index >= 15 is 0 Å². The van der Waals surface area contributed by atoms with Gasteiger partial charge in [-0.05, 0) is 12.8 Å². The molecule has 0 aliphatic rings. The Balaban J connectivity index is 3.26. The molecule has 0 saturated carbocycles. The van der Waals surface area contributed by atoms with Gasteiger partial charge in [-0.1, -0.05) is 6.08 Å². The number of carbonyl (C=O) groups is 2. The van der Waals surface area contributed by atoms with E-state index in [2.05, 4.69) is 11.9 Å². The van der Waals surface area contributed by atoms with Gasteiger partial charge in [0.1, 0.15) is 5.78 Å². The summed E-state index contributed by atoms with van der Waals surface area (Å²) in [7, 11) is 0. The molecule has 0 aromatic carbocycles. The molecule has 0 aliphatic heterocycles. The third-order valence-electron chi connectivity index (χ3n) is 1.54. The van der Waals surface area contributed by atoms with Gasteiger partial charge in [0.15, 0.2) is 0 Å². The highest BCUT2D eigenvalue weighted by atomic mass is 16.4. The van der Waals surface area contributed by atoms with Crippen LogP contribution in [-0.2, 0) is 4.79 Å². The molecule has 0 aromatic heterocycles. The number of rotatable bonds is 7. The van der Waals surface area contributed by atoms with Gasteiger partial charge in [0, 0.05) is 19.4 Å². The van der Waals surface area contributed by atoms with E-state index in [1.54, 1.807) is 6.08 Å². The molecule has 0 bridgehead atoms. The number of hydrogen-bond acceptors (Lipinski definition) is 2. The number of hydrogen-bond donors (Lipinski definition) is 2. The molecule has 0 saturated heterocycles. The van der Waals surface area contributed by atoms with E-state index in [1.165, 1.54) is 0 Å². The predicted molar refractivity (Wildman–Crippen MR) is 49.7 cm³/mol. The van der Waals surface area contributed by atoms with Crippen LogP contribution in [0.2, 0.25) is 0 Å². The molecule has 0 heterocycles. The van der Waals surface area contributed by atoms with E-state index in [0.29, 0.717) is 32.2 Å². The van der Waals surface area contributed by atoms with Crippen molar-refractivity contribution in [1.82, 2.24) is 5.32 Å². The fourth-order valence-electron chi connectivity index (χ4n) is 0.869. The van der Waals surface area contributed by atoms with Crippen molar-refractivity contribution >= 4 is 11.9 Å². The Hall–Kier alpha value is -1.32. The third kappa shape index (κ3) is 8.59.